The number of aromatic nitrogens is 4. The number of anilines is 1. The minimum absolute atomic E-state index is 0.0265. The highest BCUT2D eigenvalue weighted by molar-refractivity contribution is 9.10. The van der Waals surface area contributed by atoms with Crippen LogP contribution in [0.3, 0.4) is 0 Å². The lowest BCUT2D eigenvalue weighted by Gasteiger charge is -2.07. The maximum Gasteiger partial charge on any atom is 0.295 e. The van der Waals surface area contributed by atoms with Crippen molar-refractivity contribution in [3.63, 3.8) is 0 Å². The van der Waals surface area contributed by atoms with Gasteiger partial charge in [0, 0.05) is 15.7 Å². The molecular formula is C15H12BrN7O. The molecule has 0 spiro atoms. The normalized spacial score (nSPS) is 10.4. The highest BCUT2D eigenvalue weighted by atomic mass is 79.9. The molecule has 1 heterocycles. The van der Waals surface area contributed by atoms with E-state index in [1.807, 2.05) is 12.1 Å². The molecule has 0 unspecified atom stereocenters. The van der Waals surface area contributed by atoms with E-state index in [2.05, 4.69) is 36.8 Å². The molecular weight excluding hydrogens is 374 g/mol. The van der Waals surface area contributed by atoms with Crippen LogP contribution in [0, 0.1) is 5.41 Å². The third-order valence-electron chi connectivity index (χ3n) is 3.18. The molecule has 1 aromatic heterocycles. The number of amides is 1. The lowest BCUT2D eigenvalue weighted by atomic mass is 10.2. The largest absolute Gasteiger partial charge is 0.384 e. The summed E-state index contributed by atoms with van der Waals surface area (Å²) in [5, 5.41) is 21.4. The second kappa shape index (κ2) is 6.59. The summed E-state index contributed by atoms with van der Waals surface area (Å²) < 4.78 is 2.20. The van der Waals surface area contributed by atoms with Crippen LogP contribution in [0.15, 0.2) is 53.0 Å². The van der Waals surface area contributed by atoms with Gasteiger partial charge < -0.3 is 11.1 Å². The number of nitrogen functional groups attached to an aromatic ring is 1. The summed E-state index contributed by atoms with van der Waals surface area (Å²) in [7, 11) is 0. The molecule has 0 saturated heterocycles. The van der Waals surface area contributed by atoms with Crippen LogP contribution in [0.1, 0.15) is 16.2 Å². The topological polar surface area (TPSA) is 123 Å². The summed E-state index contributed by atoms with van der Waals surface area (Å²) in [6.07, 6.45) is 0. The molecule has 24 heavy (non-hydrogen) atoms. The monoisotopic (exact) mass is 385 g/mol. The van der Waals surface area contributed by atoms with Gasteiger partial charge in [0.25, 0.3) is 5.91 Å². The Bertz CT molecular complexity index is 904. The van der Waals surface area contributed by atoms with E-state index in [0.29, 0.717) is 16.9 Å². The van der Waals surface area contributed by atoms with Crippen molar-refractivity contribution in [2.24, 2.45) is 5.73 Å². The maximum absolute atomic E-state index is 12.4. The average Bonchev–Trinajstić information content (AvgIpc) is 3.07. The number of amidine groups is 1. The number of nitrogens with zero attached hydrogens (tertiary/aromatic N) is 4. The maximum atomic E-state index is 12.4. The smallest absolute Gasteiger partial charge is 0.295 e. The van der Waals surface area contributed by atoms with E-state index in [-0.39, 0.29) is 11.7 Å². The molecule has 0 atom stereocenters. The minimum atomic E-state index is -0.449. The number of nitrogens with one attached hydrogen (secondary N) is 2. The van der Waals surface area contributed by atoms with Gasteiger partial charge in [0.1, 0.15) is 5.84 Å². The summed E-state index contributed by atoms with van der Waals surface area (Å²) in [6, 6.07) is 13.9. The van der Waals surface area contributed by atoms with Crippen molar-refractivity contribution in [3.05, 3.63) is 64.4 Å². The lowest BCUT2D eigenvalue weighted by Crippen LogP contribution is -2.18. The van der Waals surface area contributed by atoms with Crippen LogP contribution in [-0.4, -0.2) is 32.0 Å². The number of tetrazole rings is 1. The first kappa shape index (κ1) is 15.8. The van der Waals surface area contributed by atoms with Gasteiger partial charge in [-0.2, -0.15) is 4.68 Å². The Labute approximate surface area is 145 Å². The van der Waals surface area contributed by atoms with E-state index >= 15 is 0 Å². The molecule has 8 nitrogen and oxygen atoms in total. The number of hydrogen-bond donors (Lipinski definition) is 3. The number of benzene rings is 2. The summed E-state index contributed by atoms with van der Waals surface area (Å²) >= 11 is 3.33. The van der Waals surface area contributed by atoms with Crippen molar-refractivity contribution in [2.75, 3.05) is 5.32 Å². The van der Waals surface area contributed by atoms with Gasteiger partial charge in [-0.25, -0.2) is 0 Å². The molecule has 1 amide bonds. The summed E-state index contributed by atoms with van der Waals surface area (Å²) in [6.45, 7) is 0. The Hall–Kier alpha value is -3.07. The molecule has 0 bridgehead atoms. The first-order valence-electron chi connectivity index (χ1n) is 6.85. The lowest BCUT2D eigenvalue weighted by molar-refractivity contribution is 0.101. The second-order valence-corrected chi connectivity index (χ2v) is 5.75. The number of halogens is 1. The van der Waals surface area contributed by atoms with Crippen LogP contribution in [0.5, 0.6) is 0 Å². The predicted octanol–water partition coefficient (Wildman–Crippen LogP) is 1.96. The molecule has 0 saturated carbocycles. The third-order valence-corrected chi connectivity index (χ3v) is 3.71. The number of rotatable bonds is 4. The molecule has 0 aliphatic heterocycles. The van der Waals surface area contributed by atoms with E-state index < -0.39 is 5.91 Å². The number of carbonyl (C=O) groups is 1. The van der Waals surface area contributed by atoms with Gasteiger partial charge in [-0.15, -0.1) is 5.10 Å². The third kappa shape index (κ3) is 3.30. The van der Waals surface area contributed by atoms with Crippen molar-refractivity contribution >= 4 is 33.4 Å². The highest BCUT2D eigenvalue weighted by Crippen LogP contribution is 2.16. The van der Waals surface area contributed by atoms with E-state index in [0.717, 1.165) is 4.47 Å². The van der Waals surface area contributed by atoms with E-state index in [1.54, 1.807) is 36.4 Å². The van der Waals surface area contributed by atoms with Gasteiger partial charge >= 0.3 is 0 Å². The van der Waals surface area contributed by atoms with Crippen LogP contribution in [0.25, 0.3) is 5.69 Å². The summed E-state index contributed by atoms with van der Waals surface area (Å²) in [5.41, 5.74) is 7.16. The average molecular weight is 386 g/mol. The van der Waals surface area contributed by atoms with Crippen LogP contribution >= 0.6 is 15.9 Å². The minimum Gasteiger partial charge on any atom is -0.384 e. The van der Waals surface area contributed by atoms with E-state index in [4.69, 9.17) is 11.1 Å². The van der Waals surface area contributed by atoms with E-state index in [9.17, 15) is 4.79 Å². The van der Waals surface area contributed by atoms with Gasteiger partial charge in [0.15, 0.2) is 0 Å². The quantitative estimate of drug-likeness (QED) is 0.467. The first-order chi connectivity index (χ1) is 11.5. The zero-order chi connectivity index (χ0) is 17.1. The number of hydrogen-bond acceptors (Lipinski definition) is 5. The van der Waals surface area contributed by atoms with Crippen molar-refractivity contribution in [1.29, 1.82) is 5.41 Å². The Balaban J connectivity index is 1.90. The van der Waals surface area contributed by atoms with Crippen molar-refractivity contribution in [3.8, 4) is 5.69 Å². The molecule has 120 valence electrons. The Morgan fingerprint density at radius 3 is 2.67 bits per heavy atom. The fourth-order valence-corrected chi connectivity index (χ4v) is 2.29. The van der Waals surface area contributed by atoms with Gasteiger partial charge in [0.2, 0.25) is 5.82 Å². The SMILES string of the molecule is N=C(N)c1cccc(-n2nnnc2C(=O)Nc2ccc(Br)cc2)c1. The Morgan fingerprint density at radius 2 is 1.96 bits per heavy atom. The fourth-order valence-electron chi connectivity index (χ4n) is 2.03. The van der Waals surface area contributed by atoms with Crippen molar-refractivity contribution < 1.29 is 4.79 Å². The predicted molar refractivity (Wildman–Crippen MR) is 92.3 cm³/mol. The highest BCUT2D eigenvalue weighted by Gasteiger charge is 2.17. The van der Waals surface area contributed by atoms with Crippen molar-refractivity contribution in [2.45, 2.75) is 0 Å². The summed E-state index contributed by atoms with van der Waals surface area (Å²) in [5.74, 6) is -0.500. The summed E-state index contributed by atoms with van der Waals surface area (Å²) in [4.78, 5) is 12.4. The fraction of sp³-hybridized carbons (Fsp3) is 0. The second-order valence-electron chi connectivity index (χ2n) is 4.84. The van der Waals surface area contributed by atoms with Crippen LogP contribution in [0.4, 0.5) is 5.69 Å². The van der Waals surface area contributed by atoms with Crippen LogP contribution < -0.4 is 11.1 Å². The van der Waals surface area contributed by atoms with Gasteiger partial charge in [-0.05, 0) is 46.8 Å². The molecule has 9 heteroatoms. The molecule has 0 fully saturated rings. The van der Waals surface area contributed by atoms with Gasteiger partial charge in [0.05, 0.1) is 5.69 Å². The zero-order valence-electron chi connectivity index (χ0n) is 12.3. The molecule has 3 aromatic rings. The standard InChI is InChI=1S/C15H12BrN7O/c16-10-4-6-11(7-5-10)19-15(24)14-20-21-22-23(14)12-3-1-2-9(8-12)13(17)18/h1-8H,(H3,17,18)(H,19,24). The van der Waals surface area contributed by atoms with Gasteiger partial charge in [-0.3, -0.25) is 10.2 Å². The first-order valence-corrected chi connectivity index (χ1v) is 7.64. The number of nitrogens with two attached hydrogens (primary N) is 1. The molecule has 3 rings (SSSR count). The van der Waals surface area contributed by atoms with Gasteiger partial charge in [-0.1, -0.05) is 28.1 Å². The zero-order valence-corrected chi connectivity index (χ0v) is 13.9. The molecule has 0 aliphatic carbocycles. The molecule has 0 aliphatic rings. The Kier molecular flexibility index (Phi) is 4.34. The van der Waals surface area contributed by atoms with Crippen molar-refractivity contribution in [1.82, 2.24) is 20.2 Å². The van der Waals surface area contributed by atoms with Crippen LogP contribution in [0.2, 0.25) is 0 Å². The molecule has 2 aromatic carbocycles. The number of carbonyl (C=O) groups excluding carboxylic acids is 1. The molecule has 4 N–H and O–H groups in total. The molecule has 0 radical (unpaired) electrons. The van der Waals surface area contributed by atoms with E-state index in [1.165, 1.54) is 4.68 Å². The Morgan fingerprint density at radius 1 is 1.21 bits per heavy atom. The van der Waals surface area contributed by atoms with Crippen LogP contribution in [-0.2, 0) is 0 Å².